The molecule has 0 aromatic heterocycles. The van der Waals surface area contributed by atoms with Gasteiger partial charge in [-0.3, -0.25) is 9.69 Å². The fourth-order valence-corrected chi connectivity index (χ4v) is 5.17. The zero-order chi connectivity index (χ0) is 20.3. The molecule has 0 bridgehead atoms. The fourth-order valence-electron chi connectivity index (χ4n) is 3.77. The molecule has 3 rings (SSSR count). The average Bonchev–Trinajstić information content (AvgIpc) is 2.94. The van der Waals surface area contributed by atoms with E-state index in [0.717, 1.165) is 39.3 Å². The van der Waals surface area contributed by atoms with Gasteiger partial charge in [0.2, 0.25) is 5.91 Å². The molecule has 1 N–H and O–H groups in total. The van der Waals surface area contributed by atoms with E-state index in [1.54, 1.807) is 11.8 Å². The molecular weight excluding hydrogens is 372 g/mol. The first-order chi connectivity index (χ1) is 13.4. The number of urea groups is 1. The molecule has 2 saturated heterocycles. The van der Waals surface area contributed by atoms with E-state index in [9.17, 15) is 9.59 Å². The third-order valence-corrected chi connectivity index (χ3v) is 6.81. The fraction of sp³-hybridized carbons (Fsp3) is 0.619. The second kappa shape index (κ2) is 9.18. The van der Waals surface area contributed by atoms with Gasteiger partial charge < -0.3 is 15.1 Å². The first kappa shape index (κ1) is 21.0. The largest absolute Gasteiger partial charge is 0.336 e. The zero-order valence-corrected chi connectivity index (χ0v) is 18.2. The molecule has 2 heterocycles. The average molecular weight is 405 g/mol. The van der Waals surface area contributed by atoms with Gasteiger partial charge in [0.05, 0.1) is 5.25 Å². The van der Waals surface area contributed by atoms with Crippen LogP contribution in [0.1, 0.15) is 37.3 Å². The van der Waals surface area contributed by atoms with Gasteiger partial charge >= 0.3 is 6.03 Å². The molecule has 0 spiro atoms. The Morgan fingerprint density at radius 1 is 1.18 bits per heavy atom. The highest BCUT2D eigenvalue weighted by Crippen LogP contribution is 2.43. The number of nitrogens with zero attached hydrogens (tertiary/aromatic N) is 3. The lowest BCUT2D eigenvalue weighted by atomic mass is 10.1. The van der Waals surface area contributed by atoms with E-state index in [0.29, 0.717) is 0 Å². The normalized spacial score (nSPS) is 23.5. The minimum atomic E-state index is 0.00110. The number of rotatable bonds is 5. The molecule has 2 atom stereocenters. The lowest BCUT2D eigenvalue weighted by molar-refractivity contribution is -0.130. The molecule has 1 aromatic rings. The third kappa shape index (κ3) is 4.81. The molecule has 154 valence electrons. The lowest BCUT2D eigenvalue weighted by Crippen LogP contribution is -2.53. The van der Waals surface area contributed by atoms with Gasteiger partial charge in [0.15, 0.2) is 0 Å². The molecule has 0 radical (unpaired) electrons. The summed E-state index contributed by atoms with van der Waals surface area (Å²) in [6, 6.07) is 8.53. The third-order valence-electron chi connectivity index (χ3n) is 5.43. The molecule has 28 heavy (non-hydrogen) atoms. The van der Waals surface area contributed by atoms with Gasteiger partial charge in [0, 0.05) is 45.3 Å². The predicted octanol–water partition coefficient (Wildman–Crippen LogP) is 2.69. The SMILES string of the molecule is Cc1ccccc1[C@@H]1S[C@@H](C)C(=O)N1CCN1CCN(C(=O)NC(C)C)CC1. The summed E-state index contributed by atoms with van der Waals surface area (Å²) in [6.45, 7) is 12.8. The van der Waals surface area contributed by atoms with Crippen LogP contribution in [0.15, 0.2) is 24.3 Å². The molecule has 1 aromatic carbocycles. The van der Waals surface area contributed by atoms with Crippen LogP contribution in [0.5, 0.6) is 0 Å². The van der Waals surface area contributed by atoms with Gasteiger partial charge in [-0.2, -0.15) is 0 Å². The summed E-state index contributed by atoms with van der Waals surface area (Å²) in [5.41, 5.74) is 2.47. The van der Waals surface area contributed by atoms with E-state index in [1.165, 1.54) is 11.1 Å². The van der Waals surface area contributed by atoms with Crippen molar-refractivity contribution in [1.29, 1.82) is 0 Å². The molecule has 6 nitrogen and oxygen atoms in total. The Hall–Kier alpha value is -1.73. The van der Waals surface area contributed by atoms with E-state index in [-0.39, 0.29) is 28.6 Å². The van der Waals surface area contributed by atoms with Crippen LogP contribution >= 0.6 is 11.8 Å². The van der Waals surface area contributed by atoms with Gasteiger partial charge in [0.1, 0.15) is 5.37 Å². The van der Waals surface area contributed by atoms with Crippen molar-refractivity contribution in [3.8, 4) is 0 Å². The van der Waals surface area contributed by atoms with Crippen molar-refractivity contribution in [2.24, 2.45) is 0 Å². The Morgan fingerprint density at radius 3 is 2.50 bits per heavy atom. The zero-order valence-electron chi connectivity index (χ0n) is 17.4. The number of amides is 3. The second-order valence-electron chi connectivity index (χ2n) is 7.95. The maximum atomic E-state index is 12.7. The number of aryl methyl sites for hydroxylation is 1. The molecule has 2 aliphatic heterocycles. The maximum absolute atomic E-state index is 12.7. The monoisotopic (exact) mass is 404 g/mol. The summed E-state index contributed by atoms with van der Waals surface area (Å²) in [6.07, 6.45) is 0. The summed E-state index contributed by atoms with van der Waals surface area (Å²) < 4.78 is 0. The number of hydrogen-bond acceptors (Lipinski definition) is 4. The molecule has 0 saturated carbocycles. The summed E-state index contributed by atoms with van der Waals surface area (Å²) in [7, 11) is 0. The van der Waals surface area contributed by atoms with Gasteiger partial charge in [-0.15, -0.1) is 11.8 Å². The van der Waals surface area contributed by atoms with Crippen molar-refractivity contribution in [2.45, 2.75) is 44.4 Å². The van der Waals surface area contributed by atoms with Gasteiger partial charge in [-0.1, -0.05) is 24.3 Å². The van der Waals surface area contributed by atoms with Crippen molar-refractivity contribution in [3.63, 3.8) is 0 Å². The van der Waals surface area contributed by atoms with Crippen molar-refractivity contribution >= 4 is 23.7 Å². The minimum absolute atomic E-state index is 0.00110. The summed E-state index contributed by atoms with van der Waals surface area (Å²) >= 11 is 1.74. The Balaban J connectivity index is 1.55. The van der Waals surface area contributed by atoms with Crippen LogP contribution in [0.4, 0.5) is 4.79 Å². The predicted molar refractivity (Wildman–Crippen MR) is 114 cm³/mol. The molecule has 0 unspecified atom stereocenters. The van der Waals surface area contributed by atoms with Crippen LogP contribution in [0, 0.1) is 6.92 Å². The Bertz CT molecular complexity index is 703. The van der Waals surface area contributed by atoms with Crippen molar-refractivity contribution < 1.29 is 9.59 Å². The topological polar surface area (TPSA) is 55.9 Å². The molecule has 2 fully saturated rings. The lowest BCUT2D eigenvalue weighted by Gasteiger charge is -2.36. The summed E-state index contributed by atoms with van der Waals surface area (Å²) in [4.78, 5) is 31.2. The smallest absolute Gasteiger partial charge is 0.317 e. The number of benzene rings is 1. The van der Waals surface area contributed by atoms with E-state index in [2.05, 4.69) is 35.3 Å². The number of hydrogen-bond donors (Lipinski definition) is 1. The van der Waals surface area contributed by atoms with Crippen LogP contribution < -0.4 is 5.32 Å². The van der Waals surface area contributed by atoms with Gasteiger partial charge in [0.25, 0.3) is 0 Å². The van der Waals surface area contributed by atoms with Crippen LogP contribution in [-0.2, 0) is 4.79 Å². The molecular formula is C21H32N4O2S. The molecule has 7 heteroatoms. The van der Waals surface area contributed by atoms with Crippen molar-refractivity contribution in [1.82, 2.24) is 20.0 Å². The minimum Gasteiger partial charge on any atom is -0.336 e. The van der Waals surface area contributed by atoms with Crippen LogP contribution in [0.25, 0.3) is 0 Å². The van der Waals surface area contributed by atoms with Crippen LogP contribution in [0.2, 0.25) is 0 Å². The van der Waals surface area contributed by atoms with Crippen LogP contribution in [0.3, 0.4) is 0 Å². The van der Waals surface area contributed by atoms with Crippen molar-refractivity contribution in [2.75, 3.05) is 39.3 Å². The van der Waals surface area contributed by atoms with Gasteiger partial charge in [-0.05, 0) is 38.8 Å². The standard InChI is InChI=1S/C21H32N4O2S/c1-15(2)22-21(27)24-12-9-23(10-13-24)11-14-25-19(26)17(4)28-20(25)18-8-6-5-7-16(18)3/h5-8,15,17,20H,9-14H2,1-4H3,(H,22,27)/t17-,20-/m0/s1. The van der Waals surface area contributed by atoms with Gasteiger partial charge in [-0.25, -0.2) is 4.79 Å². The number of carbonyl (C=O) groups excluding carboxylic acids is 2. The second-order valence-corrected chi connectivity index (χ2v) is 9.38. The molecule has 3 amide bonds. The highest BCUT2D eigenvalue weighted by atomic mass is 32.2. The Morgan fingerprint density at radius 2 is 1.86 bits per heavy atom. The van der Waals surface area contributed by atoms with E-state index in [1.807, 2.05) is 36.6 Å². The van der Waals surface area contributed by atoms with E-state index >= 15 is 0 Å². The highest BCUT2D eigenvalue weighted by Gasteiger charge is 2.39. The molecule has 0 aliphatic carbocycles. The maximum Gasteiger partial charge on any atom is 0.317 e. The number of thioether (sulfide) groups is 1. The number of carbonyl (C=O) groups is 2. The first-order valence-electron chi connectivity index (χ1n) is 10.2. The Kier molecular flexibility index (Phi) is 6.88. The highest BCUT2D eigenvalue weighted by molar-refractivity contribution is 8.01. The first-order valence-corrected chi connectivity index (χ1v) is 11.1. The summed E-state index contributed by atoms with van der Waals surface area (Å²) in [5.74, 6) is 0.230. The quantitative estimate of drug-likeness (QED) is 0.820. The molecule has 2 aliphatic rings. The summed E-state index contributed by atoms with van der Waals surface area (Å²) in [5, 5.41) is 3.06. The van der Waals surface area contributed by atoms with Crippen LogP contribution in [-0.4, -0.2) is 77.2 Å². The van der Waals surface area contributed by atoms with E-state index < -0.39 is 0 Å². The number of nitrogens with one attached hydrogen (secondary N) is 1. The Labute approximate surface area is 172 Å². The van der Waals surface area contributed by atoms with E-state index in [4.69, 9.17) is 0 Å². The number of piperazine rings is 1. The van der Waals surface area contributed by atoms with Crippen molar-refractivity contribution in [3.05, 3.63) is 35.4 Å².